The highest BCUT2D eigenvalue weighted by Gasteiger charge is 2.22. The van der Waals surface area contributed by atoms with E-state index in [4.69, 9.17) is 0 Å². The van der Waals surface area contributed by atoms with Gasteiger partial charge in [-0.2, -0.15) is 0 Å². The fraction of sp³-hybridized carbons (Fsp3) is 0.0526. The lowest BCUT2D eigenvalue weighted by molar-refractivity contribution is 1.39. The van der Waals surface area contributed by atoms with Crippen LogP contribution in [0.2, 0.25) is 0 Å². The van der Waals surface area contributed by atoms with Gasteiger partial charge in [-0.1, -0.05) is 48.5 Å². The molecular formula is C19H17IP+. The normalized spacial score (nSPS) is 10.8. The van der Waals surface area contributed by atoms with Gasteiger partial charge in [-0.3, -0.25) is 0 Å². The monoisotopic (exact) mass is 403 g/mol. The largest absolute Gasteiger partial charge is 0.0970 e. The minimum Gasteiger partial charge on any atom is -0.0620 e. The van der Waals surface area contributed by atoms with Crippen LogP contribution in [0.5, 0.6) is 0 Å². The van der Waals surface area contributed by atoms with E-state index >= 15 is 0 Å². The average Bonchev–Trinajstić information content (AvgIpc) is 2.56. The molecule has 0 radical (unpaired) electrons. The van der Waals surface area contributed by atoms with E-state index < -0.39 is 7.92 Å². The van der Waals surface area contributed by atoms with Crippen molar-refractivity contribution in [1.82, 2.24) is 0 Å². The van der Waals surface area contributed by atoms with Crippen molar-refractivity contribution in [2.75, 3.05) is 0 Å². The molecule has 0 aliphatic heterocycles. The molecule has 0 nitrogen and oxygen atoms in total. The van der Waals surface area contributed by atoms with Gasteiger partial charge in [0, 0.05) is 3.57 Å². The molecule has 0 N–H and O–H groups in total. The summed E-state index contributed by atoms with van der Waals surface area (Å²) in [5.41, 5.74) is 1.43. The van der Waals surface area contributed by atoms with Crippen molar-refractivity contribution in [2.45, 2.75) is 6.16 Å². The molecule has 0 amide bonds. The molecule has 104 valence electrons. The van der Waals surface area contributed by atoms with Gasteiger partial charge in [-0.05, 0) is 64.6 Å². The van der Waals surface area contributed by atoms with E-state index in [2.05, 4.69) is 108 Å². The van der Waals surface area contributed by atoms with Crippen LogP contribution in [0.15, 0.2) is 84.9 Å². The average molecular weight is 403 g/mol. The van der Waals surface area contributed by atoms with E-state index in [9.17, 15) is 0 Å². The summed E-state index contributed by atoms with van der Waals surface area (Å²) in [7, 11) is -0.767. The van der Waals surface area contributed by atoms with Crippen LogP contribution in [0.3, 0.4) is 0 Å². The molecule has 0 heterocycles. The molecule has 0 saturated carbocycles. The van der Waals surface area contributed by atoms with E-state index in [0.29, 0.717) is 0 Å². The maximum Gasteiger partial charge on any atom is 0.0970 e. The lowest BCUT2D eigenvalue weighted by atomic mass is 10.2. The molecule has 0 bridgehead atoms. The molecule has 0 unspecified atom stereocenters. The SMILES string of the molecule is Ic1ccc(C[PH+](c2ccccc2)c2ccccc2)cc1. The van der Waals surface area contributed by atoms with Crippen LogP contribution in [0.25, 0.3) is 0 Å². The van der Waals surface area contributed by atoms with Gasteiger partial charge in [0.1, 0.15) is 0 Å². The minimum atomic E-state index is -0.767. The number of halogens is 1. The fourth-order valence-corrected chi connectivity index (χ4v) is 5.39. The Hall–Kier alpha value is -1.18. The van der Waals surface area contributed by atoms with Gasteiger partial charge in [-0.15, -0.1) is 0 Å². The molecule has 0 saturated heterocycles. The predicted octanol–water partition coefficient (Wildman–Crippen LogP) is 4.66. The summed E-state index contributed by atoms with van der Waals surface area (Å²) in [6.45, 7) is 0. The summed E-state index contributed by atoms with van der Waals surface area (Å²) >= 11 is 2.36. The van der Waals surface area contributed by atoms with E-state index in [1.54, 1.807) is 0 Å². The highest BCUT2D eigenvalue weighted by molar-refractivity contribution is 14.1. The van der Waals surface area contributed by atoms with Crippen LogP contribution in [-0.4, -0.2) is 0 Å². The molecule has 0 atom stereocenters. The summed E-state index contributed by atoms with van der Waals surface area (Å²) in [6.07, 6.45) is 1.13. The second-order valence-electron chi connectivity index (χ2n) is 5.01. The number of benzene rings is 3. The summed E-state index contributed by atoms with van der Waals surface area (Å²) < 4.78 is 1.30. The molecule has 3 rings (SSSR count). The molecule has 0 aliphatic rings. The Morgan fingerprint density at radius 1 is 0.619 bits per heavy atom. The van der Waals surface area contributed by atoms with E-state index in [-0.39, 0.29) is 0 Å². The summed E-state index contributed by atoms with van der Waals surface area (Å²) in [5.74, 6) is 0. The zero-order valence-corrected chi connectivity index (χ0v) is 14.8. The maximum absolute atomic E-state index is 2.36. The highest BCUT2D eigenvalue weighted by Crippen LogP contribution is 2.37. The molecular weight excluding hydrogens is 386 g/mol. The first kappa shape index (κ1) is 14.7. The first-order valence-corrected chi connectivity index (χ1v) is 9.82. The van der Waals surface area contributed by atoms with Crippen molar-refractivity contribution in [2.24, 2.45) is 0 Å². The van der Waals surface area contributed by atoms with Gasteiger partial charge >= 0.3 is 0 Å². The number of hydrogen-bond acceptors (Lipinski definition) is 0. The Bertz CT molecular complexity index is 638. The molecule has 0 fully saturated rings. The first-order chi connectivity index (χ1) is 10.3. The highest BCUT2D eigenvalue weighted by atomic mass is 127. The topological polar surface area (TPSA) is 0 Å². The lowest BCUT2D eigenvalue weighted by Gasteiger charge is -2.11. The van der Waals surface area contributed by atoms with Gasteiger partial charge in [0.25, 0.3) is 0 Å². The van der Waals surface area contributed by atoms with E-state index in [1.807, 2.05) is 0 Å². The van der Waals surface area contributed by atoms with Gasteiger partial charge in [0.2, 0.25) is 0 Å². The Labute approximate surface area is 141 Å². The van der Waals surface area contributed by atoms with Crippen molar-refractivity contribution < 1.29 is 0 Å². The zero-order valence-electron chi connectivity index (χ0n) is 11.7. The number of rotatable bonds is 4. The second kappa shape index (κ2) is 7.20. The van der Waals surface area contributed by atoms with Crippen LogP contribution >= 0.6 is 30.5 Å². The summed E-state index contributed by atoms with van der Waals surface area (Å²) in [5, 5.41) is 2.96. The van der Waals surface area contributed by atoms with Crippen LogP contribution in [0.1, 0.15) is 5.56 Å². The first-order valence-electron chi connectivity index (χ1n) is 7.04. The predicted molar refractivity (Wildman–Crippen MR) is 103 cm³/mol. The molecule has 2 heteroatoms. The van der Waals surface area contributed by atoms with Gasteiger partial charge in [-0.25, -0.2) is 0 Å². The maximum atomic E-state index is 2.36. The zero-order chi connectivity index (χ0) is 14.5. The van der Waals surface area contributed by atoms with Crippen LogP contribution in [-0.2, 0) is 6.16 Å². The van der Waals surface area contributed by atoms with Crippen LogP contribution in [0, 0.1) is 3.57 Å². The molecule has 3 aromatic carbocycles. The molecule has 0 spiro atoms. The third-order valence-corrected chi connectivity index (χ3v) is 7.08. The van der Waals surface area contributed by atoms with Crippen molar-refractivity contribution in [3.63, 3.8) is 0 Å². The molecule has 0 aliphatic carbocycles. The standard InChI is InChI=1S/C19H16IP/c20-17-13-11-16(12-14-17)15-21(18-7-3-1-4-8-18)19-9-5-2-6-10-19/h1-14H,15H2/p+1. The van der Waals surface area contributed by atoms with Crippen molar-refractivity contribution >= 4 is 41.1 Å². The van der Waals surface area contributed by atoms with Crippen LogP contribution < -0.4 is 10.6 Å². The molecule has 0 aromatic heterocycles. The van der Waals surface area contributed by atoms with Crippen molar-refractivity contribution in [3.8, 4) is 0 Å². The Morgan fingerprint density at radius 2 is 1.10 bits per heavy atom. The third-order valence-electron chi connectivity index (χ3n) is 3.54. The van der Waals surface area contributed by atoms with Crippen LogP contribution in [0.4, 0.5) is 0 Å². The van der Waals surface area contributed by atoms with Gasteiger partial charge in [0.15, 0.2) is 0 Å². The summed E-state index contributed by atoms with van der Waals surface area (Å²) in [4.78, 5) is 0. The fourth-order valence-electron chi connectivity index (χ4n) is 2.46. The summed E-state index contributed by atoms with van der Waals surface area (Å²) in [6, 6.07) is 30.8. The smallest absolute Gasteiger partial charge is 0.0620 e. The lowest BCUT2D eigenvalue weighted by Crippen LogP contribution is -2.12. The Kier molecular flexibility index (Phi) is 5.05. The molecule has 21 heavy (non-hydrogen) atoms. The number of hydrogen-bond donors (Lipinski definition) is 0. The Balaban J connectivity index is 1.95. The minimum absolute atomic E-state index is 0.767. The van der Waals surface area contributed by atoms with Crippen molar-refractivity contribution in [3.05, 3.63) is 94.1 Å². The molecule has 3 aromatic rings. The Morgan fingerprint density at radius 3 is 1.57 bits per heavy atom. The van der Waals surface area contributed by atoms with E-state index in [0.717, 1.165) is 6.16 Å². The van der Waals surface area contributed by atoms with Crippen molar-refractivity contribution in [1.29, 1.82) is 0 Å². The second-order valence-corrected chi connectivity index (χ2v) is 8.72. The third kappa shape index (κ3) is 3.93. The van der Waals surface area contributed by atoms with Gasteiger partial charge < -0.3 is 0 Å². The quantitative estimate of drug-likeness (QED) is 0.439. The van der Waals surface area contributed by atoms with E-state index in [1.165, 1.54) is 19.7 Å². The van der Waals surface area contributed by atoms with Gasteiger partial charge in [0.05, 0.1) is 24.7 Å².